The average molecular weight is 349 g/mol. The number of para-hydroxylation sites is 1. The van der Waals surface area contributed by atoms with Crippen molar-refractivity contribution in [3.8, 4) is 22.5 Å². The summed E-state index contributed by atoms with van der Waals surface area (Å²) in [6.45, 7) is 0. The number of hydrogen-bond donors (Lipinski definition) is 1. The lowest BCUT2D eigenvalue weighted by Crippen LogP contribution is -1.82. The van der Waals surface area contributed by atoms with E-state index in [0.29, 0.717) is 0 Å². The van der Waals surface area contributed by atoms with Gasteiger partial charge in [0.2, 0.25) is 0 Å². The maximum atomic E-state index is 4.41. The molecule has 0 radical (unpaired) electrons. The summed E-state index contributed by atoms with van der Waals surface area (Å²) < 4.78 is 0. The normalized spacial score (nSPS) is 10.2. The van der Waals surface area contributed by atoms with Crippen molar-refractivity contribution < 1.29 is 0 Å². The van der Waals surface area contributed by atoms with Crippen LogP contribution < -0.4 is 0 Å². The Hall–Kier alpha value is -3.72. The van der Waals surface area contributed by atoms with Crippen LogP contribution in [0.2, 0.25) is 0 Å². The molecule has 27 heavy (non-hydrogen) atoms. The first-order valence-corrected chi connectivity index (χ1v) is 8.86. The summed E-state index contributed by atoms with van der Waals surface area (Å²) in [5.74, 6) is 0. The van der Waals surface area contributed by atoms with Gasteiger partial charge in [-0.05, 0) is 12.1 Å². The van der Waals surface area contributed by atoms with Gasteiger partial charge in [-0.15, -0.1) is 0 Å². The maximum Gasteiger partial charge on any atom is 0.0960 e. The van der Waals surface area contributed by atoms with Gasteiger partial charge in [0.05, 0.1) is 23.2 Å². The molecule has 0 saturated heterocycles. The number of rotatable bonds is 2. The molecule has 0 amide bonds. The standard InChI is InChI=1S/C15H12N2.C9H7N/c1-3-7-12(8-4-1)14-15(17-11-16-14)13-9-5-2-6-10-13;1-2-6-9-8(4-1)5-3-7-10-9/h1-11H,(H,16,17);1-7H. The third-order valence-electron chi connectivity index (χ3n) is 4.26. The highest BCUT2D eigenvalue weighted by Crippen LogP contribution is 2.28. The topological polar surface area (TPSA) is 41.6 Å². The fourth-order valence-corrected chi connectivity index (χ4v) is 2.95. The van der Waals surface area contributed by atoms with E-state index in [1.165, 1.54) is 5.39 Å². The molecule has 0 aliphatic carbocycles. The van der Waals surface area contributed by atoms with Crippen LogP contribution in [0.5, 0.6) is 0 Å². The second kappa shape index (κ2) is 8.11. The number of fused-ring (bicyclic) bond motifs is 1. The second-order valence-corrected chi connectivity index (χ2v) is 6.05. The molecule has 0 saturated carbocycles. The molecule has 0 aliphatic rings. The summed E-state index contributed by atoms with van der Waals surface area (Å²) in [5.41, 5.74) is 5.41. The fraction of sp³-hybridized carbons (Fsp3) is 0. The van der Waals surface area contributed by atoms with Crippen LogP contribution in [-0.2, 0) is 0 Å². The van der Waals surface area contributed by atoms with E-state index in [9.17, 15) is 0 Å². The van der Waals surface area contributed by atoms with Gasteiger partial charge in [-0.2, -0.15) is 0 Å². The minimum atomic E-state index is 0.997. The van der Waals surface area contributed by atoms with Crippen molar-refractivity contribution in [3.05, 3.63) is 110 Å². The molecule has 1 N–H and O–H groups in total. The average Bonchev–Trinajstić information content (AvgIpc) is 3.26. The Labute approximate surface area is 158 Å². The van der Waals surface area contributed by atoms with Crippen LogP contribution >= 0.6 is 0 Å². The number of nitrogens with one attached hydrogen (secondary N) is 1. The van der Waals surface area contributed by atoms with Crippen molar-refractivity contribution in [1.82, 2.24) is 15.0 Å². The molecular weight excluding hydrogens is 330 g/mol. The molecule has 3 heteroatoms. The summed E-state index contributed by atoms with van der Waals surface area (Å²) in [6.07, 6.45) is 3.55. The van der Waals surface area contributed by atoms with Crippen molar-refractivity contribution in [2.45, 2.75) is 0 Å². The Morgan fingerprint density at radius 2 is 1.19 bits per heavy atom. The van der Waals surface area contributed by atoms with Gasteiger partial charge >= 0.3 is 0 Å². The smallest absolute Gasteiger partial charge is 0.0960 e. The van der Waals surface area contributed by atoms with E-state index in [1.807, 2.05) is 66.9 Å². The van der Waals surface area contributed by atoms with Gasteiger partial charge in [0.25, 0.3) is 0 Å². The van der Waals surface area contributed by atoms with E-state index >= 15 is 0 Å². The number of benzene rings is 3. The minimum absolute atomic E-state index is 0.997. The highest BCUT2D eigenvalue weighted by atomic mass is 14.9. The lowest BCUT2D eigenvalue weighted by Gasteiger charge is -2.02. The minimum Gasteiger partial charge on any atom is -0.344 e. The molecular formula is C24H19N3. The van der Waals surface area contributed by atoms with E-state index in [-0.39, 0.29) is 0 Å². The summed E-state index contributed by atoms with van der Waals surface area (Å²) >= 11 is 0. The number of imidazole rings is 1. The van der Waals surface area contributed by atoms with E-state index in [4.69, 9.17) is 0 Å². The molecule has 3 aromatic carbocycles. The fourth-order valence-electron chi connectivity index (χ4n) is 2.95. The van der Waals surface area contributed by atoms with Gasteiger partial charge in [-0.25, -0.2) is 4.98 Å². The molecule has 2 aromatic heterocycles. The van der Waals surface area contributed by atoms with Gasteiger partial charge in [-0.1, -0.05) is 84.9 Å². The highest BCUT2D eigenvalue weighted by molar-refractivity contribution is 5.78. The second-order valence-electron chi connectivity index (χ2n) is 6.05. The van der Waals surface area contributed by atoms with Gasteiger partial charge in [0.1, 0.15) is 0 Å². The quantitative estimate of drug-likeness (QED) is 0.426. The SMILES string of the molecule is c1ccc(-c2nc[nH]c2-c2ccccc2)cc1.c1ccc2ncccc2c1. The van der Waals surface area contributed by atoms with Crippen LogP contribution in [0.25, 0.3) is 33.4 Å². The Bertz CT molecular complexity index is 996. The lowest BCUT2D eigenvalue weighted by atomic mass is 10.1. The highest BCUT2D eigenvalue weighted by Gasteiger charge is 2.08. The molecule has 0 fully saturated rings. The van der Waals surface area contributed by atoms with Crippen LogP contribution in [0.15, 0.2) is 110 Å². The summed E-state index contributed by atoms with van der Waals surface area (Å²) in [4.78, 5) is 11.8. The largest absolute Gasteiger partial charge is 0.344 e. The summed E-state index contributed by atoms with van der Waals surface area (Å²) in [7, 11) is 0. The Balaban J connectivity index is 0.000000153. The first-order chi connectivity index (χ1) is 13.4. The zero-order valence-electron chi connectivity index (χ0n) is 14.8. The number of pyridine rings is 1. The van der Waals surface area contributed by atoms with Gasteiger partial charge in [0, 0.05) is 22.7 Å². The Morgan fingerprint density at radius 3 is 1.93 bits per heavy atom. The van der Waals surface area contributed by atoms with Gasteiger partial charge < -0.3 is 4.98 Å². The number of hydrogen-bond acceptors (Lipinski definition) is 2. The zero-order chi connectivity index (χ0) is 18.3. The van der Waals surface area contributed by atoms with Crippen LogP contribution in [0.1, 0.15) is 0 Å². The molecule has 3 nitrogen and oxygen atoms in total. The lowest BCUT2D eigenvalue weighted by molar-refractivity contribution is 1.31. The van der Waals surface area contributed by atoms with E-state index in [0.717, 1.165) is 28.0 Å². The molecule has 130 valence electrons. The van der Waals surface area contributed by atoms with Crippen molar-refractivity contribution in [3.63, 3.8) is 0 Å². The molecule has 0 spiro atoms. The van der Waals surface area contributed by atoms with E-state index in [1.54, 1.807) is 6.33 Å². The molecule has 5 aromatic rings. The predicted octanol–water partition coefficient (Wildman–Crippen LogP) is 5.98. The maximum absolute atomic E-state index is 4.41. The predicted molar refractivity (Wildman–Crippen MR) is 111 cm³/mol. The van der Waals surface area contributed by atoms with Crippen LogP contribution in [0, 0.1) is 0 Å². The molecule has 5 rings (SSSR count). The summed E-state index contributed by atoms with van der Waals surface area (Å²) in [5, 5.41) is 1.20. The monoisotopic (exact) mass is 349 g/mol. The molecule has 0 bridgehead atoms. The number of H-pyrrole nitrogens is 1. The number of nitrogens with zero attached hydrogens (tertiary/aromatic N) is 2. The van der Waals surface area contributed by atoms with Crippen molar-refractivity contribution in [1.29, 1.82) is 0 Å². The zero-order valence-corrected chi connectivity index (χ0v) is 14.8. The summed E-state index contributed by atoms with van der Waals surface area (Å²) in [6, 6.07) is 32.5. The van der Waals surface area contributed by atoms with Crippen LogP contribution in [0.4, 0.5) is 0 Å². The van der Waals surface area contributed by atoms with Crippen LogP contribution in [0.3, 0.4) is 0 Å². The van der Waals surface area contributed by atoms with Crippen LogP contribution in [-0.4, -0.2) is 15.0 Å². The molecule has 0 aliphatic heterocycles. The molecule has 2 heterocycles. The molecule has 0 unspecified atom stereocenters. The van der Waals surface area contributed by atoms with E-state index in [2.05, 4.69) is 51.4 Å². The third-order valence-corrected chi connectivity index (χ3v) is 4.26. The van der Waals surface area contributed by atoms with E-state index < -0.39 is 0 Å². The molecule has 0 atom stereocenters. The number of aromatic nitrogens is 3. The number of aromatic amines is 1. The Morgan fingerprint density at radius 1 is 0.556 bits per heavy atom. The van der Waals surface area contributed by atoms with Crippen molar-refractivity contribution in [2.75, 3.05) is 0 Å². The Kier molecular flexibility index (Phi) is 5.02. The first kappa shape index (κ1) is 16.7. The van der Waals surface area contributed by atoms with Gasteiger partial charge in [-0.3, -0.25) is 4.98 Å². The van der Waals surface area contributed by atoms with Crippen molar-refractivity contribution >= 4 is 10.9 Å². The first-order valence-electron chi connectivity index (χ1n) is 8.86. The van der Waals surface area contributed by atoms with Gasteiger partial charge in [0.15, 0.2) is 0 Å². The van der Waals surface area contributed by atoms with Crippen molar-refractivity contribution in [2.24, 2.45) is 0 Å². The third kappa shape index (κ3) is 3.93.